The van der Waals surface area contributed by atoms with Crippen LogP contribution in [0, 0.1) is 5.41 Å². The van der Waals surface area contributed by atoms with Gasteiger partial charge in [0.1, 0.15) is 0 Å². The molecule has 0 radical (unpaired) electrons. The predicted molar refractivity (Wildman–Crippen MR) is 115 cm³/mol. The lowest BCUT2D eigenvalue weighted by Gasteiger charge is -2.20. The van der Waals surface area contributed by atoms with Crippen LogP contribution in [0.3, 0.4) is 0 Å². The third kappa shape index (κ3) is 5.45. The Labute approximate surface area is 172 Å². The Kier molecular flexibility index (Phi) is 6.38. The van der Waals surface area contributed by atoms with Crippen molar-refractivity contribution in [2.75, 3.05) is 11.9 Å². The summed E-state index contributed by atoms with van der Waals surface area (Å²) < 4.78 is 5.57. The molecule has 154 valence electrons. The first kappa shape index (κ1) is 21.1. The number of hydrogen-bond acceptors (Lipinski definition) is 4. The summed E-state index contributed by atoms with van der Waals surface area (Å²) in [5, 5.41) is 6.26. The van der Waals surface area contributed by atoms with Crippen LogP contribution in [0.2, 0.25) is 0 Å². The second-order valence-corrected chi connectivity index (χ2v) is 8.73. The lowest BCUT2D eigenvalue weighted by Crippen LogP contribution is -2.33. The molecule has 1 aliphatic rings. The van der Waals surface area contributed by atoms with Crippen molar-refractivity contribution in [2.45, 2.75) is 52.2 Å². The van der Waals surface area contributed by atoms with Crippen LogP contribution >= 0.6 is 0 Å². The molecule has 2 unspecified atom stereocenters. The van der Waals surface area contributed by atoms with Crippen LogP contribution < -0.4 is 10.6 Å². The molecule has 1 heterocycles. The Hall–Kier alpha value is -2.66. The van der Waals surface area contributed by atoms with Gasteiger partial charge in [-0.15, -0.1) is 0 Å². The number of hydrogen-bond donors (Lipinski definition) is 2. The van der Waals surface area contributed by atoms with Crippen LogP contribution in [0.15, 0.2) is 54.6 Å². The van der Waals surface area contributed by atoms with Crippen molar-refractivity contribution in [3.63, 3.8) is 0 Å². The number of carbonyl (C=O) groups is 2. The van der Waals surface area contributed by atoms with E-state index in [1.165, 1.54) is 5.56 Å². The summed E-state index contributed by atoms with van der Waals surface area (Å²) in [6.45, 7) is 8.23. The number of amides is 1. The lowest BCUT2D eigenvalue weighted by atomic mass is 9.96. The van der Waals surface area contributed by atoms with Gasteiger partial charge >= 0.3 is 5.97 Å². The average Bonchev–Trinajstić information content (AvgIpc) is 3.16. The predicted octanol–water partition coefficient (Wildman–Crippen LogP) is 4.42. The van der Waals surface area contributed by atoms with E-state index in [-0.39, 0.29) is 29.9 Å². The highest BCUT2D eigenvalue weighted by Gasteiger charge is 2.31. The van der Waals surface area contributed by atoms with Crippen molar-refractivity contribution in [1.82, 2.24) is 5.32 Å². The first-order chi connectivity index (χ1) is 13.7. The monoisotopic (exact) mass is 394 g/mol. The number of benzene rings is 2. The minimum absolute atomic E-state index is 0.0272. The first-order valence-electron chi connectivity index (χ1n) is 10.1. The zero-order valence-corrected chi connectivity index (χ0v) is 17.6. The van der Waals surface area contributed by atoms with Gasteiger partial charge in [-0.3, -0.25) is 14.9 Å². The topological polar surface area (TPSA) is 67.4 Å². The van der Waals surface area contributed by atoms with Gasteiger partial charge in [0, 0.05) is 24.6 Å². The molecule has 5 nitrogen and oxygen atoms in total. The molecule has 0 aromatic heterocycles. The number of rotatable bonds is 5. The molecule has 0 saturated carbocycles. The van der Waals surface area contributed by atoms with E-state index < -0.39 is 5.41 Å². The van der Waals surface area contributed by atoms with Crippen LogP contribution in [0.25, 0.3) is 0 Å². The van der Waals surface area contributed by atoms with Gasteiger partial charge in [-0.25, -0.2) is 0 Å². The molecule has 1 aliphatic heterocycles. The summed E-state index contributed by atoms with van der Waals surface area (Å²) in [5.74, 6) is -0.157. The van der Waals surface area contributed by atoms with E-state index in [0.29, 0.717) is 0 Å². The quantitative estimate of drug-likeness (QED) is 0.737. The Morgan fingerprint density at radius 1 is 1.07 bits per heavy atom. The second kappa shape index (κ2) is 8.78. The minimum atomic E-state index is -0.503. The van der Waals surface area contributed by atoms with Gasteiger partial charge < -0.3 is 10.1 Å². The standard InChI is InChI=1S/C24H30N2O3/c1-16(17-8-6-5-7-9-17)22(27)26-20-12-10-18(11-13-20)19-14-21(25-15-19)29-23(28)24(2,3)4/h5-13,16,19,21,25H,14-15H2,1-4H3,(H,26,27)/t16-,19?,21?/m1/s1. The molecule has 3 rings (SSSR count). The number of esters is 1. The third-order valence-electron chi connectivity index (χ3n) is 5.29. The molecule has 0 spiro atoms. The fraction of sp³-hybridized carbons (Fsp3) is 0.417. The second-order valence-electron chi connectivity index (χ2n) is 8.73. The van der Waals surface area contributed by atoms with Gasteiger partial charge in [-0.2, -0.15) is 0 Å². The Morgan fingerprint density at radius 3 is 2.34 bits per heavy atom. The Bertz CT molecular complexity index is 841. The van der Waals surface area contributed by atoms with Gasteiger partial charge in [0.15, 0.2) is 6.23 Å². The molecule has 1 amide bonds. The normalized spacial score (nSPS) is 20.1. The van der Waals surface area contributed by atoms with E-state index in [2.05, 4.69) is 10.6 Å². The van der Waals surface area contributed by atoms with Gasteiger partial charge in [0.2, 0.25) is 5.91 Å². The molecule has 5 heteroatoms. The summed E-state index contributed by atoms with van der Waals surface area (Å²) in [7, 11) is 0. The molecule has 1 saturated heterocycles. The molecular weight excluding hydrogens is 364 g/mol. The lowest BCUT2D eigenvalue weighted by molar-refractivity contribution is -0.159. The van der Waals surface area contributed by atoms with E-state index in [1.54, 1.807) is 0 Å². The molecule has 3 atom stereocenters. The van der Waals surface area contributed by atoms with Crippen LogP contribution in [0.1, 0.15) is 57.1 Å². The van der Waals surface area contributed by atoms with E-state index >= 15 is 0 Å². The van der Waals surface area contributed by atoms with Gasteiger partial charge in [-0.1, -0.05) is 42.5 Å². The summed E-state index contributed by atoms with van der Waals surface area (Å²) in [6.07, 6.45) is 0.497. The van der Waals surface area contributed by atoms with Crippen LogP contribution in [-0.2, 0) is 14.3 Å². The van der Waals surface area contributed by atoms with Gasteiger partial charge in [-0.05, 0) is 51.0 Å². The summed E-state index contributed by atoms with van der Waals surface area (Å²) in [6, 6.07) is 17.7. The number of ether oxygens (including phenoxy) is 1. The maximum absolute atomic E-state index is 12.5. The van der Waals surface area contributed by atoms with Crippen molar-refractivity contribution >= 4 is 17.6 Å². The van der Waals surface area contributed by atoms with Crippen molar-refractivity contribution in [2.24, 2.45) is 5.41 Å². The van der Waals surface area contributed by atoms with Crippen molar-refractivity contribution in [3.05, 3.63) is 65.7 Å². The summed E-state index contributed by atoms with van der Waals surface area (Å²) in [5.41, 5.74) is 2.44. The summed E-state index contributed by atoms with van der Waals surface area (Å²) >= 11 is 0. The highest BCUT2D eigenvalue weighted by Crippen LogP contribution is 2.29. The molecular formula is C24H30N2O3. The Balaban J connectivity index is 1.55. The summed E-state index contributed by atoms with van der Waals surface area (Å²) in [4.78, 5) is 24.6. The SMILES string of the molecule is C[C@@H](C(=O)Nc1ccc(C2CNC(OC(=O)C(C)(C)C)C2)cc1)c1ccccc1. The first-order valence-corrected chi connectivity index (χ1v) is 10.1. The highest BCUT2D eigenvalue weighted by atomic mass is 16.6. The average molecular weight is 395 g/mol. The fourth-order valence-corrected chi connectivity index (χ4v) is 3.33. The van der Waals surface area contributed by atoms with Crippen molar-refractivity contribution < 1.29 is 14.3 Å². The van der Waals surface area contributed by atoms with E-state index in [0.717, 1.165) is 24.2 Å². The zero-order valence-electron chi connectivity index (χ0n) is 17.6. The molecule has 29 heavy (non-hydrogen) atoms. The molecule has 1 fully saturated rings. The third-order valence-corrected chi connectivity index (χ3v) is 5.29. The van der Waals surface area contributed by atoms with Crippen LogP contribution in [0.5, 0.6) is 0 Å². The molecule has 2 aromatic rings. The fourth-order valence-electron chi connectivity index (χ4n) is 3.33. The minimum Gasteiger partial charge on any atom is -0.446 e. The Morgan fingerprint density at radius 2 is 1.72 bits per heavy atom. The van der Waals surface area contributed by atoms with Crippen LogP contribution in [0.4, 0.5) is 5.69 Å². The maximum atomic E-state index is 12.5. The number of carbonyl (C=O) groups excluding carboxylic acids is 2. The van der Waals surface area contributed by atoms with E-state index in [9.17, 15) is 9.59 Å². The van der Waals surface area contributed by atoms with Crippen LogP contribution in [-0.4, -0.2) is 24.6 Å². The zero-order chi connectivity index (χ0) is 21.0. The van der Waals surface area contributed by atoms with E-state index in [1.807, 2.05) is 82.3 Å². The largest absolute Gasteiger partial charge is 0.446 e. The highest BCUT2D eigenvalue weighted by molar-refractivity contribution is 5.95. The molecule has 0 aliphatic carbocycles. The molecule has 0 bridgehead atoms. The van der Waals surface area contributed by atoms with Gasteiger partial charge in [0.05, 0.1) is 11.3 Å². The number of nitrogens with one attached hydrogen (secondary N) is 2. The van der Waals surface area contributed by atoms with Crippen molar-refractivity contribution in [3.8, 4) is 0 Å². The molecule has 2 N–H and O–H groups in total. The maximum Gasteiger partial charge on any atom is 0.312 e. The van der Waals surface area contributed by atoms with Crippen molar-refractivity contribution in [1.29, 1.82) is 0 Å². The van der Waals surface area contributed by atoms with E-state index in [4.69, 9.17) is 4.74 Å². The van der Waals surface area contributed by atoms with Gasteiger partial charge in [0.25, 0.3) is 0 Å². The molecule has 2 aromatic carbocycles. The number of anilines is 1. The smallest absolute Gasteiger partial charge is 0.312 e.